The Labute approximate surface area is 126 Å². The summed E-state index contributed by atoms with van der Waals surface area (Å²) in [5.41, 5.74) is 0.563. The summed E-state index contributed by atoms with van der Waals surface area (Å²) in [7, 11) is 0. The van der Waals surface area contributed by atoms with Crippen molar-refractivity contribution in [1.29, 1.82) is 0 Å². The fraction of sp³-hybridized carbons (Fsp3) is 0.200. The van der Waals surface area contributed by atoms with Gasteiger partial charge in [-0.05, 0) is 25.1 Å². The lowest BCUT2D eigenvalue weighted by atomic mass is 10.2. The molecule has 0 saturated heterocycles. The molecule has 2 rings (SSSR count). The normalized spacial score (nSPS) is 9.81. The first-order chi connectivity index (χ1) is 10.1. The fourth-order valence-corrected chi connectivity index (χ4v) is 2.55. The minimum absolute atomic E-state index is 0.0492. The first-order valence-corrected chi connectivity index (χ1v) is 6.98. The Bertz CT molecular complexity index is 712. The third kappa shape index (κ3) is 3.81. The number of thiophene rings is 1. The summed E-state index contributed by atoms with van der Waals surface area (Å²) < 4.78 is 5.64. The summed E-state index contributed by atoms with van der Waals surface area (Å²) in [6, 6.07) is 8.51. The second kappa shape index (κ2) is 6.88. The number of ether oxygens (including phenoxy) is 1. The van der Waals surface area contributed by atoms with Crippen LogP contribution in [0.4, 0.5) is 5.69 Å². The van der Waals surface area contributed by atoms with Gasteiger partial charge in [0.25, 0.3) is 5.69 Å². The van der Waals surface area contributed by atoms with Gasteiger partial charge in [0.15, 0.2) is 0 Å². The SMILES string of the molecule is Cc1c(OCc2ccc(C#CCO)s2)cccc1[N+](=O)[O-]. The molecular formula is C15H13NO4S. The lowest BCUT2D eigenvalue weighted by Crippen LogP contribution is -1.98. The molecule has 0 aliphatic rings. The molecule has 21 heavy (non-hydrogen) atoms. The van der Waals surface area contributed by atoms with E-state index in [1.807, 2.05) is 12.1 Å². The molecule has 108 valence electrons. The van der Waals surface area contributed by atoms with Crippen LogP contribution in [0.15, 0.2) is 30.3 Å². The molecule has 0 radical (unpaired) electrons. The van der Waals surface area contributed by atoms with Crippen LogP contribution >= 0.6 is 11.3 Å². The van der Waals surface area contributed by atoms with Gasteiger partial charge in [0, 0.05) is 10.9 Å². The summed E-state index contributed by atoms with van der Waals surface area (Å²) in [4.78, 5) is 12.3. The average Bonchev–Trinajstić information content (AvgIpc) is 2.91. The minimum Gasteiger partial charge on any atom is -0.488 e. The van der Waals surface area contributed by atoms with Crippen LogP contribution in [0.5, 0.6) is 5.75 Å². The number of aliphatic hydroxyl groups excluding tert-OH is 1. The van der Waals surface area contributed by atoms with Gasteiger partial charge in [-0.25, -0.2) is 0 Å². The standard InChI is InChI=1S/C15H13NO4S/c1-11-14(16(18)19)5-2-6-15(11)20-10-13-8-7-12(21-13)4-3-9-17/h2,5-8,17H,9-10H2,1H3. The lowest BCUT2D eigenvalue weighted by molar-refractivity contribution is -0.385. The van der Waals surface area contributed by atoms with E-state index in [1.54, 1.807) is 19.1 Å². The van der Waals surface area contributed by atoms with Gasteiger partial charge in [-0.2, -0.15) is 0 Å². The van der Waals surface area contributed by atoms with Crippen molar-refractivity contribution in [2.45, 2.75) is 13.5 Å². The van der Waals surface area contributed by atoms with Crippen LogP contribution in [-0.4, -0.2) is 16.6 Å². The molecule has 2 aromatic rings. The molecule has 0 saturated carbocycles. The van der Waals surface area contributed by atoms with E-state index in [0.29, 0.717) is 17.9 Å². The van der Waals surface area contributed by atoms with E-state index in [-0.39, 0.29) is 12.3 Å². The smallest absolute Gasteiger partial charge is 0.276 e. The number of nitro benzene ring substituents is 1. The van der Waals surface area contributed by atoms with E-state index in [9.17, 15) is 10.1 Å². The summed E-state index contributed by atoms with van der Waals surface area (Å²) >= 11 is 1.46. The Balaban J connectivity index is 2.08. The highest BCUT2D eigenvalue weighted by molar-refractivity contribution is 7.12. The number of nitrogens with zero attached hydrogens (tertiary/aromatic N) is 1. The van der Waals surface area contributed by atoms with Gasteiger partial charge < -0.3 is 9.84 Å². The van der Waals surface area contributed by atoms with Crippen molar-refractivity contribution in [3.05, 3.63) is 55.8 Å². The van der Waals surface area contributed by atoms with Crippen molar-refractivity contribution in [3.8, 4) is 17.6 Å². The highest BCUT2D eigenvalue weighted by Crippen LogP contribution is 2.28. The van der Waals surface area contributed by atoms with Crippen molar-refractivity contribution < 1.29 is 14.8 Å². The molecule has 1 aromatic carbocycles. The number of hydrogen-bond acceptors (Lipinski definition) is 5. The van der Waals surface area contributed by atoms with E-state index in [1.165, 1.54) is 17.4 Å². The van der Waals surface area contributed by atoms with Gasteiger partial charge in [0.2, 0.25) is 0 Å². The maximum absolute atomic E-state index is 10.9. The molecular weight excluding hydrogens is 290 g/mol. The molecule has 0 atom stereocenters. The molecule has 0 amide bonds. The maximum atomic E-state index is 10.9. The predicted octanol–water partition coefficient (Wildman–Crippen LogP) is 2.89. The van der Waals surface area contributed by atoms with Crippen molar-refractivity contribution in [1.82, 2.24) is 0 Å². The zero-order valence-electron chi connectivity index (χ0n) is 11.3. The summed E-state index contributed by atoms with van der Waals surface area (Å²) in [6.45, 7) is 1.82. The van der Waals surface area contributed by atoms with Gasteiger partial charge in [-0.15, -0.1) is 11.3 Å². The number of nitro groups is 1. The monoisotopic (exact) mass is 303 g/mol. The Kier molecular flexibility index (Phi) is 4.93. The zero-order valence-corrected chi connectivity index (χ0v) is 12.1. The maximum Gasteiger partial charge on any atom is 0.276 e. The Morgan fingerprint density at radius 3 is 2.90 bits per heavy atom. The van der Waals surface area contributed by atoms with Gasteiger partial charge >= 0.3 is 0 Å². The van der Waals surface area contributed by atoms with Crippen LogP contribution in [0.2, 0.25) is 0 Å². The number of rotatable bonds is 4. The van der Waals surface area contributed by atoms with Crippen molar-refractivity contribution >= 4 is 17.0 Å². The number of hydrogen-bond donors (Lipinski definition) is 1. The molecule has 0 aliphatic carbocycles. The number of aliphatic hydroxyl groups is 1. The van der Waals surface area contributed by atoms with Crippen molar-refractivity contribution in [3.63, 3.8) is 0 Å². The molecule has 5 nitrogen and oxygen atoms in total. The second-order valence-electron chi connectivity index (χ2n) is 4.17. The van der Waals surface area contributed by atoms with Crippen LogP contribution in [0.25, 0.3) is 0 Å². The fourth-order valence-electron chi connectivity index (χ4n) is 1.76. The highest BCUT2D eigenvalue weighted by atomic mass is 32.1. The summed E-state index contributed by atoms with van der Waals surface area (Å²) in [6.07, 6.45) is 0. The van der Waals surface area contributed by atoms with E-state index in [2.05, 4.69) is 11.8 Å². The van der Waals surface area contributed by atoms with Crippen LogP contribution in [0.3, 0.4) is 0 Å². The Morgan fingerprint density at radius 2 is 2.19 bits per heavy atom. The van der Waals surface area contributed by atoms with Crippen LogP contribution in [0, 0.1) is 28.9 Å². The molecule has 0 unspecified atom stereocenters. The van der Waals surface area contributed by atoms with Crippen LogP contribution in [-0.2, 0) is 6.61 Å². The van der Waals surface area contributed by atoms with E-state index >= 15 is 0 Å². The molecule has 0 spiro atoms. The van der Waals surface area contributed by atoms with Crippen molar-refractivity contribution in [2.24, 2.45) is 0 Å². The Morgan fingerprint density at radius 1 is 1.38 bits per heavy atom. The topological polar surface area (TPSA) is 72.6 Å². The van der Waals surface area contributed by atoms with E-state index in [4.69, 9.17) is 9.84 Å². The second-order valence-corrected chi connectivity index (χ2v) is 5.34. The first-order valence-electron chi connectivity index (χ1n) is 6.17. The first kappa shape index (κ1) is 15.0. The summed E-state index contributed by atoms with van der Waals surface area (Å²) in [5.74, 6) is 5.90. The third-order valence-electron chi connectivity index (χ3n) is 2.77. The van der Waals surface area contributed by atoms with Crippen molar-refractivity contribution in [2.75, 3.05) is 6.61 Å². The van der Waals surface area contributed by atoms with Gasteiger partial charge in [0.05, 0.1) is 15.4 Å². The largest absolute Gasteiger partial charge is 0.488 e. The third-order valence-corrected chi connectivity index (χ3v) is 3.75. The van der Waals surface area contributed by atoms with E-state index < -0.39 is 4.92 Å². The molecule has 1 aromatic heterocycles. The van der Waals surface area contributed by atoms with Gasteiger partial charge in [-0.3, -0.25) is 10.1 Å². The molecule has 0 aliphatic heterocycles. The molecule has 0 fully saturated rings. The van der Waals surface area contributed by atoms with Gasteiger partial charge in [-0.1, -0.05) is 17.9 Å². The average molecular weight is 303 g/mol. The summed E-state index contributed by atoms with van der Waals surface area (Å²) in [5, 5.41) is 19.5. The lowest BCUT2D eigenvalue weighted by Gasteiger charge is -2.07. The van der Waals surface area contributed by atoms with Gasteiger partial charge in [0.1, 0.15) is 19.0 Å². The zero-order chi connectivity index (χ0) is 15.2. The Hall–Kier alpha value is -2.36. The number of benzene rings is 1. The minimum atomic E-state index is -0.421. The van der Waals surface area contributed by atoms with Crippen LogP contribution < -0.4 is 4.74 Å². The molecule has 6 heteroatoms. The predicted molar refractivity (Wildman–Crippen MR) is 80.4 cm³/mol. The van der Waals surface area contributed by atoms with Crippen LogP contribution in [0.1, 0.15) is 15.3 Å². The highest BCUT2D eigenvalue weighted by Gasteiger charge is 2.14. The molecule has 1 N–H and O–H groups in total. The molecule has 1 heterocycles. The quantitative estimate of drug-likeness (QED) is 0.535. The van der Waals surface area contributed by atoms with E-state index in [0.717, 1.165) is 9.75 Å². The molecule has 0 bridgehead atoms.